The van der Waals surface area contributed by atoms with Crippen molar-refractivity contribution in [3.05, 3.63) is 35.9 Å². The van der Waals surface area contributed by atoms with Crippen LogP contribution in [0.2, 0.25) is 0 Å². The molecule has 3 nitrogen and oxygen atoms in total. The maximum atomic E-state index is 9.68. The van der Waals surface area contributed by atoms with Crippen LogP contribution < -0.4 is 0 Å². The van der Waals surface area contributed by atoms with E-state index in [0.29, 0.717) is 0 Å². The highest BCUT2D eigenvalue weighted by molar-refractivity contribution is 7.99. The topological polar surface area (TPSA) is 30.3 Å². The molecule has 2 fully saturated rings. The highest BCUT2D eigenvalue weighted by Gasteiger charge is 2.39. The Bertz CT molecular complexity index is 483. The van der Waals surface area contributed by atoms with Crippen LogP contribution in [0.15, 0.2) is 30.3 Å². The fourth-order valence-corrected chi connectivity index (χ4v) is 4.55. The Labute approximate surface area is 131 Å². The fourth-order valence-electron chi connectivity index (χ4n) is 3.38. The zero-order chi connectivity index (χ0) is 14.5. The molecule has 0 amide bonds. The van der Waals surface area contributed by atoms with E-state index < -0.39 is 0 Å². The lowest BCUT2D eigenvalue weighted by Crippen LogP contribution is -2.57. The van der Waals surface area contributed by atoms with Gasteiger partial charge in [0.05, 0.1) is 6.07 Å². The Morgan fingerprint density at radius 1 is 1.05 bits per heavy atom. The molecule has 112 valence electrons. The van der Waals surface area contributed by atoms with E-state index in [0.717, 1.165) is 57.1 Å². The minimum atomic E-state index is -0.177. The van der Waals surface area contributed by atoms with Gasteiger partial charge in [-0.05, 0) is 29.9 Å². The first kappa shape index (κ1) is 14.9. The van der Waals surface area contributed by atoms with Crippen LogP contribution in [0.4, 0.5) is 0 Å². The first-order valence-electron chi connectivity index (χ1n) is 7.83. The average molecular weight is 301 g/mol. The van der Waals surface area contributed by atoms with Crippen molar-refractivity contribution >= 4 is 11.8 Å². The third kappa shape index (κ3) is 3.42. The third-order valence-corrected chi connectivity index (χ3v) is 5.74. The summed E-state index contributed by atoms with van der Waals surface area (Å²) in [5, 5.41) is 9.68. The molecular formula is C17H23N3S. The SMILES string of the molecule is N#CC1(N2CCN(Cc3ccccc3)CC2)CCSCC1. The molecule has 2 aliphatic rings. The van der Waals surface area contributed by atoms with E-state index in [1.165, 1.54) is 5.56 Å². The van der Waals surface area contributed by atoms with Crippen molar-refractivity contribution in [2.24, 2.45) is 0 Å². The summed E-state index contributed by atoms with van der Waals surface area (Å²) in [6.45, 7) is 5.25. The maximum Gasteiger partial charge on any atom is 0.110 e. The van der Waals surface area contributed by atoms with Gasteiger partial charge < -0.3 is 0 Å². The highest BCUT2D eigenvalue weighted by Crippen LogP contribution is 2.32. The molecule has 1 aromatic rings. The van der Waals surface area contributed by atoms with Crippen LogP contribution in [-0.4, -0.2) is 53.0 Å². The van der Waals surface area contributed by atoms with Crippen molar-refractivity contribution in [2.45, 2.75) is 24.9 Å². The molecule has 2 aliphatic heterocycles. The first-order chi connectivity index (χ1) is 10.3. The number of thioether (sulfide) groups is 1. The third-order valence-electron chi connectivity index (χ3n) is 4.75. The summed E-state index contributed by atoms with van der Waals surface area (Å²) in [5.74, 6) is 2.27. The Morgan fingerprint density at radius 2 is 1.71 bits per heavy atom. The smallest absolute Gasteiger partial charge is 0.110 e. The first-order valence-corrected chi connectivity index (χ1v) is 8.98. The second kappa shape index (κ2) is 6.83. The van der Waals surface area contributed by atoms with Crippen molar-refractivity contribution in [3.63, 3.8) is 0 Å². The molecule has 0 aliphatic carbocycles. The van der Waals surface area contributed by atoms with Crippen molar-refractivity contribution in [1.29, 1.82) is 5.26 Å². The average Bonchev–Trinajstić information content (AvgIpc) is 2.57. The Kier molecular flexibility index (Phi) is 4.84. The van der Waals surface area contributed by atoms with Crippen LogP contribution in [-0.2, 0) is 6.54 Å². The van der Waals surface area contributed by atoms with Crippen molar-refractivity contribution in [3.8, 4) is 6.07 Å². The monoisotopic (exact) mass is 301 g/mol. The van der Waals surface area contributed by atoms with Gasteiger partial charge in [-0.25, -0.2) is 0 Å². The van der Waals surface area contributed by atoms with Gasteiger partial charge in [-0.15, -0.1) is 0 Å². The van der Waals surface area contributed by atoms with Crippen molar-refractivity contribution in [2.75, 3.05) is 37.7 Å². The summed E-state index contributed by atoms with van der Waals surface area (Å²) in [5.41, 5.74) is 1.21. The number of hydrogen-bond donors (Lipinski definition) is 0. The van der Waals surface area contributed by atoms with Crippen LogP contribution >= 0.6 is 11.8 Å². The van der Waals surface area contributed by atoms with E-state index in [1.54, 1.807) is 0 Å². The number of hydrogen-bond acceptors (Lipinski definition) is 4. The standard InChI is InChI=1S/C17H23N3S/c18-15-17(6-12-21-13-7-17)20-10-8-19(9-11-20)14-16-4-2-1-3-5-16/h1-5H,6-14H2. The van der Waals surface area contributed by atoms with Crippen LogP contribution in [0.1, 0.15) is 18.4 Å². The van der Waals surface area contributed by atoms with Gasteiger partial charge >= 0.3 is 0 Å². The summed E-state index contributed by atoms with van der Waals surface area (Å²) in [7, 11) is 0. The molecule has 0 aromatic heterocycles. The number of benzene rings is 1. The summed E-state index contributed by atoms with van der Waals surface area (Å²) in [6, 6.07) is 13.3. The summed E-state index contributed by atoms with van der Waals surface area (Å²) in [4.78, 5) is 4.96. The summed E-state index contributed by atoms with van der Waals surface area (Å²) >= 11 is 1.99. The van der Waals surface area contributed by atoms with E-state index in [-0.39, 0.29) is 5.54 Å². The molecule has 1 aromatic carbocycles. The van der Waals surface area contributed by atoms with Gasteiger partial charge in [0.15, 0.2) is 0 Å². The predicted octanol–water partition coefficient (Wildman–Crippen LogP) is 2.59. The number of rotatable bonds is 3. The zero-order valence-corrected chi connectivity index (χ0v) is 13.3. The van der Waals surface area contributed by atoms with Gasteiger partial charge in [-0.2, -0.15) is 17.0 Å². The molecule has 0 spiro atoms. The van der Waals surface area contributed by atoms with Gasteiger partial charge in [0, 0.05) is 32.7 Å². The summed E-state index contributed by atoms with van der Waals surface area (Å²) in [6.07, 6.45) is 2.07. The second-order valence-electron chi connectivity index (χ2n) is 6.00. The van der Waals surface area contributed by atoms with Gasteiger partial charge in [0.25, 0.3) is 0 Å². The van der Waals surface area contributed by atoms with Crippen LogP contribution in [0.5, 0.6) is 0 Å². The minimum absolute atomic E-state index is 0.177. The lowest BCUT2D eigenvalue weighted by atomic mass is 9.91. The molecule has 0 unspecified atom stereocenters. The van der Waals surface area contributed by atoms with Crippen LogP contribution in [0.3, 0.4) is 0 Å². The van der Waals surface area contributed by atoms with Crippen molar-refractivity contribution < 1.29 is 0 Å². The minimum Gasteiger partial charge on any atom is -0.297 e. The lowest BCUT2D eigenvalue weighted by Gasteiger charge is -2.45. The van der Waals surface area contributed by atoms with Crippen LogP contribution in [0.25, 0.3) is 0 Å². The van der Waals surface area contributed by atoms with E-state index in [9.17, 15) is 5.26 Å². The zero-order valence-electron chi connectivity index (χ0n) is 12.5. The van der Waals surface area contributed by atoms with Crippen molar-refractivity contribution in [1.82, 2.24) is 9.80 Å². The Morgan fingerprint density at radius 3 is 2.33 bits per heavy atom. The largest absolute Gasteiger partial charge is 0.297 e. The number of piperazine rings is 1. The van der Waals surface area contributed by atoms with Gasteiger partial charge in [0.2, 0.25) is 0 Å². The molecule has 0 saturated carbocycles. The number of nitriles is 1. The van der Waals surface area contributed by atoms with E-state index in [2.05, 4.69) is 46.2 Å². The second-order valence-corrected chi connectivity index (χ2v) is 7.23. The lowest BCUT2D eigenvalue weighted by molar-refractivity contribution is 0.0545. The Hall–Kier alpha value is -1.02. The van der Waals surface area contributed by atoms with E-state index in [1.807, 2.05) is 11.8 Å². The van der Waals surface area contributed by atoms with Gasteiger partial charge in [-0.3, -0.25) is 9.80 Å². The van der Waals surface area contributed by atoms with Gasteiger partial charge in [0.1, 0.15) is 5.54 Å². The fraction of sp³-hybridized carbons (Fsp3) is 0.588. The predicted molar refractivity (Wildman–Crippen MR) is 88.2 cm³/mol. The molecule has 4 heteroatoms. The molecule has 0 N–H and O–H groups in total. The molecule has 2 saturated heterocycles. The quantitative estimate of drug-likeness (QED) is 0.858. The molecular weight excluding hydrogens is 278 g/mol. The molecule has 0 bridgehead atoms. The molecule has 0 atom stereocenters. The maximum absolute atomic E-state index is 9.68. The molecule has 2 heterocycles. The number of nitrogens with zero attached hydrogens (tertiary/aromatic N) is 3. The Balaban J connectivity index is 1.56. The summed E-state index contributed by atoms with van der Waals surface area (Å²) < 4.78 is 0. The highest BCUT2D eigenvalue weighted by atomic mass is 32.2. The molecule has 0 radical (unpaired) electrons. The van der Waals surface area contributed by atoms with E-state index in [4.69, 9.17) is 0 Å². The molecule has 21 heavy (non-hydrogen) atoms. The van der Waals surface area contributed by atoms with E-state index >= 15 is 0 Å². The van der Waals surface area contributed by atoms with Gasteiger partial charge in [-0.1, -0.05) is 30.3 Å². The van der Waals surface area contributed by atoms with Crippen LogP contribution in [0, 0.1) is 11.3 Å². The normalized spacial score (nSPS) is 23.6. The molecule has 3 rings (SSSR count).